The monoisotopic (exact) mass is 460 g/mol. The van der Waals surface area contributed by atoms with Gasteiger partial charge in [-0.25, -0.2) is 8.42 Å². The van der Waals surface area contributed by atoms with Crippen LogP contribution in [0.2, 0.25) is 0 Å². The number of carbonyl (C=O) groups excluding carboxylic acids is 2. The Balaban J connectivity index is 1.42. The minimum absolute atomic E-state index is 0.0346. The quantitative estimate of drug-likeness (QED) is 0.650. The predicted octanol–water partition coefficient (Wildman–Crippen LogP) is 3.62. The zero-order valence-electron chi connectivity index (χ0n) is 19.6. The van der Waals surface area contributed by atoms with Crippen molar-refractivity contribution >= 4 is 21.7 Å². The second-order valence-corrected chi connectivity index (χ2v) is 13.0. The summed E-state index contributed by atoms with van der Waals surface area (Å²) in [4.78, 5) is 26.8. The third kappa shape index (κ3) is 4.59. The van der Waals surface area contributed by atoms with E-state index in [2.05, 4.69) is 10.6 Å². The molecule has 4 aliphatic carbocycles. The van der Waals surface area contributed by atoms with Gasteiger partial charge < -0.3 is 10.6 Å². The predicted molar refractivity (Wildman–Crippen MR) is 123 cm³/mol. The molecule has 2 atom stereocenters. The molecule has 176 valence electrons. The van der Waals surface area contributed by atoms with Crippen molar-refractivity contribution in [3.05, 3.63) is 29.8 Å². The van der Waals surface area contributed by atoms with E-state index in [9.17, 15) is 18.0 Å². The molecule has 0 saturated heterocycles. The Kier molecular flexibility index (Phi) is 6.16. The van der Waals surface area contributed by atoms with E-state index in [-0.39, 0.29) is 34.1 Å². The number of rotatable bonds is 7. The summed E-state index contributed by atoms with van der Waals surface area (Å²) < 4.78 is 23.4. The molecule has 0 radical (unpaired) electrons. The summed E-state index contributed by atoms with van der Waals surface area (Å²) in [6.45, 7) is 5.77. The Bertz CT molecular complexity index is 948. The third-order valence-electron chi connectivity index (χ3n) is 7.92. The standard InChI is InChI=1S/C25H36N2O4S/c1-15(2)22(23(28)26-16(3)20-5-7-21(8-6-20)32(4,30)31)27-24(29)25-12-17-9-18(13-25)11-19(10-17)14-25/h5-8,15-19,22H,9-14H2,1-4H3,(H,26,28)(H,27,29). The lowest BCUT2D eigenvalue weighted by molar-refractivity contribution is -0.149. The molecular formula is C25H36N2O4S. The van der Waals surface area contributed by atoms with Gasteiger partial charge in [0.05, 0.1) is 10.9 Å². The van der Waals surface area contributed by atoms with Crippen molar-refractivity contribution in [2.75, 3.05) is 6.26 Å². The van der Waals surface area contributed by atoms with Gasteiger partial charge in [0.15, 0.2) is 9.84 Å². The second-order valence-electron chi connectivity index (χ2n) is 11.0. The van der Waals surface area contributed by atoms with Crippen molar-refractivity contribution in [3.63, 3.8) is 0 Å². The fourth-order valence-corrected chi connectivity index (χ4v) is 7.24. The van der Waals surface area contributed by atoms with E-state index in [1.165, 1.54) is 25.5 Å². The van der Waals surface area contributed by atoms with Crippen LogP contribution in [-0.2, 0) is 19.4 Å². The van der Waals surface area contributed by atoms with Crippen LogP contribution in [0.25, 0.3) is 0 Å². The van der Waals surface area contributed by atoms with Crippen molar-refractivity contribution in [1.29, 1.82) is 0 Å². The normalized spacial score (nSPS) is 30.7. The van der Waals surface area contributed by atoms with Gasteiger partial charge in [0.25, 0.3) is 0 Å². The molecule has 32 heavy (non-hydrogen) atoms. The van der Waals surface area contributed by atoms with Crippen LogP contribution in [0.1, 0.15) is 70.9 Å². The Morgan fingerprint density at radius 1 is 0.906 bits per heavy atom. The lowest BCUT2D eigenvalue weighted by Crippen LogP contribution is -2.58. The summed E-state index contributed by atoms with van der Waals surface area (Å²) >= 11 is 0. The van der Waals surface area contributed by atoms with Crippen LogP contribution in [0.5, 0.6) is 0 Å². The molecule has 5 rings (SSSR count). The van der Waals surface area contributed by atoms with Gasteiger partial charge in [0.1, 0.15) is 6.04 Å². The Hall–Kier alpha value is -1.89. The van der Waals surface area contributed by atoms with Crippen molar-refractivity contribution in [2.45, 2.75) is 76.3 Å². The number of nitrogens with one attached hydrogen (secondary N) is 2. The van der Waals surface area contributed by atoms with Gasteiger partial charge in [-0.15, -0.1) is 0 Å². The molecule has 0 heterocycles. The summed E-state index contributed by atoms with van der Waals surface area (Å²) in [6.07, 6.45) is 7.91. The van der Waals surface area contributed by atoms with E-state index in [4.69, 9.17) is 0 Å². The summed E-state index contributed by atoms with van der Waals surface area (Å²) in [5.74, 6) is 1.86. The van der Waals surface area contributed by atoms with Crippen LogP contribution in [-0.4, -0.2) is 32.5 Å². The summed E-state index contributed by atoms with van der Waals surface area (Å²) in [7, 11) is -3.26. The average Bonchev–Trinajstić information content (AvgIpc) is 2.69. The molecule has 0 aromatic heterocycles. The maximum absolute atomic E-state index is 13.5. The first-order valence-corrected chi connectivity index (χ1v) is 13.8. The highest BCUT2D eigenvalue weighted by molar-refractivity contribution is 7.90. The summed E-state index contributed by atoms with van der Waals surface area (Å²) in [5, 5.41) is 6.14. The molecule has 4 aliphatic rings. The topological polar surface area (TPSA) is 92.3 Å². The molecule has 1 aromatic rings. The number of hydrogen-bond acceptors (Lipinski definition) is 4. The Morgan fingerprint density at radius 2 is 1.41 bits per heavy atom. The first-order chi connectivity index (χ1) is 15.0. The summed E-state index contributed by atoms with van der Waals surface area (Å²) in [5.41, 5.74) is 0.538. The van der Waals surface area contributed by atoms with Gasteiger partial charge in [-0.1, -0.05) is 26.0 Å². The molecule has 7 heteroatoms. The number of amides is 2. The van der Waals surface area contributed by atoms with Gasteiger partial charge in [-0.05, 0) is 86.8 Å². The highest BCUT2D eigenvalue weighted by Crippen LogP contribution is 2.60. The van der Waals surface area contributed by atoms with E-state index in [0.29, 0.717) is 17.8 Å². The first-order valence-electron chi connectivity index (χ1n) is 11.9. The zero-order chi connectivity index (χ0) is 23.3. The highest BCUT2D eigenvalue weighted by Gasteiger charge is 2.55. The lowest BCUT2D eigenvalue weighted by Gasteiger charge is -2.55. The van der Waals surface area contributed by atoms with Crippen molar-refractivity contribution in [3.8, 4) is 0 Å². The van der Waals surface area contributed by atoms with E-state index < -0.39 is 15.9 Å². The fourth-order valence-electron chi connectivity index (χ4n) is 6.61. The lowest BCUT2D eigenvalue weighted by atomic mass is 9.49. The van der Waals surface area contributed by atoms with Gasteiger partial charge in [0, 0.05) is 11.7 Å². The first kappa shape index (κ1) is 23.3. The molecule has 6 nitrogen and oxygen atoms in total. The average molecular weight is 461 g/mol. The maximum Gasteiger partial charge on any atom is 0.243 e. The van der Waals surface area contributed by atoms with Crippen molar-refractivity contribution in [2.24, 2.45) is 29.1 Å². The van der Waals surface area contributed by atoms with Crippen LogP contribution in [0.15, 0.2) is 29.2 Å². The van der Waals surface area contributed by atoms with Gasteiger partial charge in [-0.3, -0.25) is 9.59 Å². The molecule has 0 aliphatic heterocycles. The number of carbonyl (C=O) groups is 2. The molecular weight excluding hydrogens is 424 g/mol. The second kappa shape index (κ2) is 8.47. The fraction of sp³-hybridized carbons (Fsp3) is 0.680. The molecule has 4 fully saturated rings. The van der Waals surface area contributed by atoms with Crippen LogP contribution in [0, 0.1) is 29.1 Å². The van der Waals surface area contributed by atoms with Gasteiger partial charge >= 0.3 is 0 Å². The smallest absolute Gasteiger partial charge is 0.243 e. The molecule has 1 aromatic carbocycles. The molecule has 0 spiro atoms. The summed E-state index contributed by atoms with van der Waals surface area (Å²) in [6, 6.07) is 5.67. The molecule has 4 bridgehead atoms. The molecule has 4 saturated carbocycles. The zero-order valence-corrected chi connectivity index (χ0v) is 20.4. The molecule has 2 unspecified atom stereocenters. The van der Waals surface area contributed by atoms with E-state index in [0.717, 1.165) is 24.8 Å². The largest absolute Gasteiger partial charge is 0.348 e. The van der Waals surface area contributed by atoms with Crippen LogP contribution < -0.4 is 10.6 Å². The number of hydrogen-bond donors (Lipinski definition) is 2. The highest BCUT2D eigenvalue weighted by atomic mass is 32.2. The van der Waals surface area contributed by atoms with Crippen LogP contribution in [0.4, 0.5) is 0 Å². The van der Waals surface area contributed by atoms with Crippen LogP contribution >= 0.6 is 0 Å². The molecule has 2 N–H and O–H groups in total. The van der Waals surface area contributed by atoms with Crippen molar-refractivity contribution < 1.29 is 18.0 Å². The SMILES string of the molecule is CC(NC(=O)C(NC(=O)C12CC3CC(CC(C3)C1)C2)C(C)C)c1ccc(S(C)(=O)=O)cc1. The minimum Gasteiger partial charge on any atom is -0.348 e. The number of benzene rings is 1. The minimum atomic E-state index is -3.26. The van der Waals surface area contributed by atoms with E-state index in [1.54, 1.807) is 24.3 Å². The maximum atomic E-state index is 13.5. The number of sulfone groups is 1. The van der Waals surface area contributed by atoms with E-state index in [1.807, 2.05) is 20.8 Å². The Morgan fingerprint density at radius 3 is 1.84 bits per heavy atom. The van der Waals surface area contributed by atoms with Gasteiger partial charge in [-0.2, -0.15) is 0 Å². The van der Waals surface area contributed by atoms with E-state index >= 15 is 0 Å². The van der Waals surface area contributed by atoms with Crippen molar-refractivity contribution in [1.82, 2.24) is 10.6 Å². The van der Waals surface area contributed by atoms with Crippen LogP contribution in [0.3, 0.4) is 0 Å². The Labute approximate surface area is 191 Å². The molecule has 2 amide bonds. The third-order valence-corrected chi connectivity index (χ3v) is 9.05. The van der Waals surface area contributed by atoms with Gasteiger partial charge in [0.2, 0.25) is 11.8 Å².